The third-order valence-corrected chi connectivity index (χ3v) is 3.60. The molecule has 0 radical (unpaired) electrons. The van der Waals surface area contributed by atoms with Gasteiger partial charge in [0, 0.05) is 12.1 Å². The van der Waals surface area contributed by atoms with Crippen LogP contribution in [0, 0.1) is 5.82 Å². The highest BCUT2D eigenvalue weighted by Crippen LogP contribution is 2.19. The molecule has 0 saturated heterocycles. The molecular formula is C17H16FN5O2. The van der Waals surface area contributed by atoms with Gasteiger partial charge >= 0.3 is 0 Å². The summed E-state index contributed by atoms with van der Waals surface area (Å²) in [6.45, 7) is 0. The Labute approximate surface area is 143 Å². The molecule has 8 heteroatoms. The van der Waals surface area contributed by atoms with Crippen molar-refractivity contribution in [2.45, 2.75) is 12.8 Å². The summed E-state index contributed by atoms with van der Waals surface area (Å²) in [4.78, 5) is 12.1. The molecule has 2 aromatic carbocycles. The van der Waals surface area contributed by atoms with Crippen molar-refractivity contribution < 1.29 is 13.9 Å². The van der Waals surface area contributed by atoms with Crippen LogP contribution in [0.4, 0.5) is 10.1 Å². The molecule has 3 rings (SSSR count). The summed E-state index contributed by atoms with van der Waals surface area (Å²) < 4.78 is 20.0. The minimum absolute atomic E-state index is 0.162. The molecule has 0 aliphatic heterocycles. The highest BCUT2D eigenvalue weighted by atomic mass is 19.1. The Hall–Kier alpha value is -3.29. The normalized spacial score (nSPS) is 10.5. The van der Waals surface area contributed by atoms with Crippen LogP contribution in [0.1, 0.15) is 12.0 Å². The van der Waals surface area contributed by atoms with E-state index >= 15 is 0 Å². The number of hydrogen-bond acceptors (Lipinski definition) is 5. The number of halogens is 1. The molecule has 1 heterocycles. The molecule has 0 aliphatic carbocycles. The molecule has 0 spiro atoms. The Bertz CT molecular complexity index is 867. The number of carbonyl (C=O) groups excluding carboxylic acids is 1. The lowest BCUT2D eigenvalue weighted by Gasteiger charge is -2.08. The fourth-order valence-electron chi connectivity index (χ4n) is 2.35. The number of aromatic nitrogens is 4. The van der Waals surface area contributed by atoms with Crippen molar-refractivity contribution >= 4 is 11.6 Å². The highest BCUT2D eigenvalue weighted by Gasteiger charge is 2.07. The van der Waals surface area contributed by atoms with E-state index in [1.165, 1.54) is 24.2 Å². The van der Waals surface area contributed by atoms with Crippen molar-refractivity contribution in [1.29, 1.82) is 0 Å². The van der Waals surface area contributed by atoms with Gasteiger partial charge in [-0.05, 0) is 52.7 Å². The first-order valence-electron chi connectivity index (χ1n) is 7.61. The van der Waals surface area contributed by atoms with Crippen LogP contribution in [0.15, 0.2) is 48.8 Å². The minimum atomic E-state index is -0.436. The second-order valence-corrected chi connectivity index (χ2v) is 5.32. The summed E-state index contributed by atoms with van der Waals surface area (Å²) >= 11 is 0. The molecule has 7 nitrogen and oxygen atoms in total. The van der Waals surface area contributed by atoms with Crippen LogP contribution in [-0.2, 0) is 11.2 Å². The molecule has 0 fully saturated rings. The second kappa shape index (κ2) is 7.52. The van der Waals surface area contributed by atoms with Gasteiger partial charge in [-0.3, -0.25) is 4.79 Å². The number of nitrogens with zero attached hydrogens (tertiary/aromatic N) is 4. The minimum Gasteiger partial charge on any atom is -0.494 e. The standard InChI is InChI=1S/C17H16FN5O2/c1-25-16-7-5-12(9-15(16)18)6-8-17(24)20-13-3-2-4-14(10-13)23-11-19-21-22-23/h2-5,7,9-11H,6,8H2,1H3,(H,20,24). The Morgan fingerprint density at radius 3 is 2.88 bits per heavy atom. The molecule has 1 N–H and O–H groups in total. The zero-order valence-corrected chi connectivity index (χ0v) is 13.5. The average molecular weight is 341 g/mol. The number of methoxy groups -OCH3 is 1. The van der Waals surface area contributed by atoms with Crippen molar-refractivity contribution in [1.82, 2.24) is 20.2 Å². The monoisotopic (exact) mass is 341 g/mol. The maximum atomic E-state index is 13.7. The summed E-state index contributed by atoms with van der Waals surface area (Å²) in [7, 11) is 1.41. The van der Waals surface area contributed by atoms with Gasteiger partial charge in [-0.2, -0.15) is 0 Å². The second-order valence-electron chi connectivity index (χ2n) is 5.32. The number of hydrogen-bond donors (Lipinski definition) is 1. The van der Waals surface area contributed by atoms with Gasteiger partial charge in [-0.25, -0.2) is 9.07 Å². The van der Waals surface area contributed by atoms with Crippen molar-refractivity contribution in [2.75, 3.05) is 12.4 Å². The van der Waals surface area contributed by atoms with Crippen LogP contribution < -0.4 is 10.1 Å². The topological polar surface area (TPSA) is 81.9 Å². The van der Waals surface area contributed by atoms with Gasteiger partial charge in [0.05, 0.1) is 12.8 Å². The van der Waals surface area contributed by atoms with E-state index in [1.807, 2.05) is 6.07 Å². The Morgan fingerprint density at radius 1 is 1.28 bits per heavy atom. The average Bonchev–Trinajstić information content (AvgIpc) is 3.15. The molecule has 0 atom stereocenters. The number of aryl methyl sites for hydroxylation is 1. The van der Waals surface area contributed by atoms with Crippen LogP contribution in [-0.4, -0.2) is 33.2 Å². The van der Waals surface area contributed by atoms with E-state index in [2.05, 4.69) is 20.8 Å². The highest BCUT2D eigenvalue weighted by molar-refractivity contribution is 5.91. The third-order valence-electron chi connectivity index (χ3n) is 3.60. The lowest BCUT2D eigenvalue weighted by Crippen LogP contribution is -2.12. The van der Waals surface area contributed by atoms with Crippen LogP contribution >= 0.6 is 0 Å². The Morgan fingerprint density at radius 2 is 2.16 bits per heavy atom. The maximum absolute atomic E-state index is 13.7. The SMILES string of the molecule is COc1ccc(CCC(=O)Nc2cccc(-n3cnnn3)c2)cc1F. The Kier molecular flexibility index (Phi) is 4.98. The van der Waals surface area contributed by atoms with Gasteiger partial charge in [0.1, 0.15) is 6.33 Å². The molecule has 1 aromatic heterocycles. The van der Waals surface area contributed by atoms with E-state index in [1.54, 1.807) is 30.3 Å². The van der Waals surface area contributed by atoms with E-state index in [0.29, 0.717) is 12.1 Å². The molecule has 0 aliphatic rings. The number of anilines is 1. The molecule has 0 bridgehead atoms. The summed E-state index contributed by atoms with van der Waals surface area (Å²) in [6, 6.07) is 11.8. The van der Waals surface area contributed by atoms with Crippen LogP contribution in [0.3, 0.4) is 0 Å². The van der Waals surface area contributed by atoms with Crippen LogP contribution in [0.25, 0.3) is 5.69 Å². The maximum Gasteiger partial charge on any atom is 0.224 e. The summed E-state index contributed by atoms with van der Waals surface area (Å²) in [5.41, 5.74) is 2.11. The molecule has 25 heavy (non-hydrogen) atoms. The first kappa shape index (κ1) is 16.6. The molecular weight excluding hydrogens is 325 g/mol. The summed E-state index contributed by atoms with van der Waals surface area (Å²) in [6.07, 6.45) is 2.14. The fraction of sp³-hybridized carbons (Fsp3) is 0.176. The first-order valence-corrected chi connectivity index (χ1v) is 7.61. The van der Waals surface area contributed by atoms with E-state index < -0.39 is 5.82 Å². The van der Waals surface area contributed by atoms with Crippen molar-refractivity contribution in [3.8, 4) is 11.4 Å². The number of benzene rings is 2. The molecule has 3 aromatic rings. The largest absolute Gasteiger partial charge is 0.494 e. The quantitative estimate of drug-likeness (QED) is 0.744. The number of ether oxygens (including phenoxy) is 1. The van der Waals surface area contributed by atoms with Gasteiger partial charge in [-0.1, -0.05) is 12.1 Å². The lowest BCUT2D eigenvalue weighted by molar-refractivity contribution is -0.116. The van der Waals surface area contributed by atoms with Gasteiger partial charge in [0.15, 0.2) is 11.6 Å². The lowest BCUT2D eigenvalue weighted by atomic mass is 10.1. The van der Waals surface area contributed by atoms with Crippen molar-refractivity contribution in [3.05, 3.63) is 60.2 Å². The number of amides is 1. The van der Waals surface area contributed by atoms with Crippen molar-refractivity contribution in [3.63, 3.8) is 0 Å². The van der Waals surface area contributed by atoms with E-state index in [9.17, 15) is 9.18 Å². The van der Waals surface area contributed by atoms with E-state index in [-0.39, 0.29) is 18.1 Å². The van der Waals surface area contributed by atoms with E-state index in [0.717, 1.165) is 11.3 Å². The zero-order valence-electron chi connectivity index (χ0n) is 13.5. The van der Waals surface area contributed by atoms with E-state index in [4.69, 9.17) is 4.74 Å². The van der Waals surface area contributed by atoms with Gasteiger partial charge < -0.3 is 10.1 Å². The molecule has 1 amide bonds. The fourth-order valence-corrected chi connectivity index (χ4v) is 2.35. The Balaban J connectivity index is 1.59. The zero-order chi connectivity index (χ0) is 17.6. The van der Waals surface area contributed by atoms with Gasteiger partial charge in [-0.15, -0.1) is 5.10 Å². The smallest absolute Gasteiger partial charge is 0.224 e. The number of nitrogens with one attached hydrogen (secondary N) is 1. The number of rotatable bonds is 6. The number of tetrazole rings is 1. The summed E-state index contributed by atoms with van der Waals surface area (Å²) in [5.74, 6) is -0.410. The van der Waals surface area contributed by atoms with Crippen molar-refractivity contribution in [2.24, 2.45) is 0 Å². The van der Waals surface area contributed by atoms with Crippen LogP contribution in [0.5, 0.6) is 5.75 Å². The predicted octanol–water partition coefficient (Wildman–Crippen LogP) is 2.38. The molecule has 128 valence electrons. The number of carbonyl (C=O) groups is 1. The third kappa shape index (κ3) is 4.17. The predicted molar refractivity (Wildman–Crippen MR) is 89.1 cm³/mol. The van der Waals surface area contributed by atoms with Gasteiger partial charge in [0.2, 0.25) is 5.91 Å². The molecule has 0 unspecified atom stereocenters. The van der Waals surface area contributed by atoms with Gasteiger partial charge in [0.25, 0.3) is 0 Å². The van der Waals surface area contributed by atoms with Crippen LogP contribution in [0.2, 0.25) is 0 Å². The summed E-state index contributed by atoms with van der Waals surface area (Å²) in [5, 5.41) is 13.8. The first-order chi connectivity index (χ1) is 12.2. The molecule has 0 saturated carbocycles.